The van der Waals surface area contributed by atoms with Crippen LogP contribution < -0.4 is 5.73 Å². The Morgan fingerprint density at radius 2 is 2.07 bits per heavy atom. The Morgan fingerprint density at radius 3 is 2.57 bits per heavy atom. The summed E-state index contributed by atoms with van der Waals surface area (Å²) in [5, 5.41) is 0. The van der Waals surface area contributed by atoms with Gasteiger partial charge in [-0.15, -0.1) is 0 Å². The molecule has 2 N–H and O–H groups in total. The first-order chi connectivity index (χ1) is 6.74. The van der Waals surface area contributed by atoms with Crippen molar-refractivity contribution in [1.82, 2.24) is 0 Å². The topological polar surface area (TPSA) is 35.2 Å². The lowest BCUT2D eigenvalue weighted by Crippen LogP contribution is -2.15. The number of thiocarbonyl (C=S) groups is 1. The van der Waals surface area contributed by atoms with E-state index in [-0.39, 0.29) is 6.10 Å². The molecule has 76 valence electrons. The van der Waals surface area contributed by atoms with E-state index < -0.39 is 0 Å². The third kappa shape index (κ3) is 3.44. The molecule has 0 aliphatic heterocycles. The van der Waals surface area contributed by atoms with E-state index in [1.54, 1.807) is 0 Å². The summed E-state index contributed by atoms with van der Waals surface area (Å²) < 4.78 is 5.57. The van der Waals surface area contributed by atoms with Crippen molar-refractivity contribution in [3.8, 4) is 0 Å². The van der Waals surface area contributed by atoms with Gasteiger partial charge in [-0.05, 0) is 12.5 Å². The van der Waals surface area contributed by atoms with Crippen LogP contribution in [-0.2, 0) is 4.74 Å². The Balaban J connectivity index is 2.72. The van der Waals surface area contributed by atoms with Crippen molar-refractivity contribution in [3.05, 3.63) is 35.9 Å². The molecule has 1 aromatic rings. The second kappa shape index (κ2) is 5.73. The summed E-state index contributed by atoms with van der Waals surface area (Å²) >= 11 is 4.88. The molecule has 0 radical (unpaired) electrons. The molecule has 0 fully saturated rings. The maximum absolute atomic E-state index is 5.57. The summed E-state index contributed by atoms with van der Waals surface area (Å²) in [6.45, 7) is 2.64. The molecule has 1 atom stereocenters. The fraction of sp³-hybridized carbons (Fsp3) is 0.364. The summed E-state index contributed by atoms with van der Waals surface area (Å²) in [6.07, 6.45) is 0.603. The zero-order valence-corrected chi connectivity index (χ0v) is 9.09. The predicted octanol–water partition coefficient (Wildman–Crippen LogP) is 2.44. The molecule has 0 aliphatic carbocycles. The summed E-state index contributed by atoms with van der Waals surface area (Å²) in [6, 6.07) is 10.0. The maximum atomic E-state index is 5.57. The highest BCUT2D eigenvalue weighted by molar-refractivity contribution is 7.80. The minimum absolute atomic E-state index is 0.00120. The van der Waals surface area contributed by atoms with E-state index >= 15 is 0 Å². The van der Waals surface area contributed by atoms with Crippen LogP contribution in [0.15, 0.2) is 30.3 Å². The molecule has 0 saturated heterocycles. The minimum atomic E-state index is -0.00120. The van der Waals surface area contributed by atoms with E-state index in [0.29, 0.717) is 18.0 Å². The molecule has 0 spiro atoms. The van der Waals surface area contributed by atoms with Gasteiger partial charge in [-0.2, -0.15) is 0 Å². The Labute approximate surface area is 90.1 Å². The maximum Gasteiger partial charge on any atom is 0.0887 e. The molecule has 0 heterocycles. The molecule has 0 bridgehead atoms. The predicted molar refractivity (Wildman–Crippen MR) is 62.2 cm³/mol. The quantitative estimate of drug-likeness (QED) is 0.756. The molecule has 1 rings (SSSR count). The van der Waals surface area contributed by atoms with Gasteiger partial charge in [0.15, 0.2) is 0 Å². The molecule has 2 nitrogen and oxygen atoms in total. The number of rotatable bonds is 5. The third-order valence-corrected chi connectivity index (χ3v) is 2.09. The van der Waals surface area contributed by atoms with E-state index in [2.05, 4.69) is 0 Å². The summed E-state index contributed by atoms with van der Waals surface area (Å²) in [7, 11) is 0. The highest BCUT2D eigenvalue weighted by Gasteiger charge is 2.11. The van der Waals surface area contributed by atoms with Gasteiger partial charge in [0.25, 0.3) is 0 Å². The van der Waals surface area contributed by atoms with Crippen molar-refractivity contribution in [2.75, 3.05) is 6.61 Å². The van der Waals surface area contributed by atoms with E-state index in [1.165, 1.54) is 0 Å². The van der Waals surface area contributed by atoms with Gasteiger partial charge in [0.1, 0.15) is 0 Å². The van der Waals surface area contributed by atoms with Gasteiger partial charge in [0.2, 0.25) is 0 Å². The first-order valence-corrected chi connectivity index (χ1v) is 5.09. The van der Waals surface area contributed by atoms with Gasteiger partial charge in [-0.3, -0.25) is 0 Å². The molecule has 1 aromatic carbocycles. The molecule has 0 saturated carbocycles. The summed E-state index contributed by atoms with van der Waals surface area (Å²) in [5.41, 5.74) is 6.64. The molecule has 14 heavy (non-hydrogen) atoms. The Bertz CT molecular complexity index is 287. The zero-order chi connectivity index (χ0) is 10.4. The molecule has 3 heteroatoms. The molecule has 0 amide bonds. The minimum Gasteiger partial charge on any atom is -0.393 e. The number of ether oxygens (including phenoxy) is 1. The Hall–Kier alpha value is -0.930. The van der Waals surface area contributed by atoms with Crippen LogP contribution in [0.4, 0.5) is 0 Å². The van der Waals surface area contributed by atoms with Gasteiger partial charge in [-0.25, -0.2) is 0 Å². The number of hydrogen-bond acceptors (Lipinski definition) is 2. The van der Waals surface area contributed by atoms with E-state index in [0.717, 1.165) is 5.56 Å². The largest absolute Gasteiger partial charge is 0.393 e. The number of benzene rings is 1. The van der Waals surface area contributed by atoms with Crippen LogP contribution >= 0.6 is 12.2 Å². The van der Waals surface area contributed by atoms with Crippen LogP contribution in [0.25, 0.3) is 0 Å². The Morgan fingerprint density at radius 1 is 1.43 bits per heavy atom. The average molecular weight is 209 g/mol. The van der Waals surface area contributed by atoms with E-state index in [9.17, 15) is 0 Å². The molecule has 1 unspecified atom stereocenters. The van der Waals surface area contributed by atoms with Crippen LogP contribution in [0, 0.1) is 0 Å². The molecule has 0 aliphatic rings. The van der Waals surface area contributed by atoms with E-state index in [4.69, 9.17) is 22.7 Å². The highest BCUT2D eigenvalue weighted by atomic mass is 32.1. The lowest BCUT2D eigenvalue weighted by atomic mass is 10.1. The lowest BCUT2D eigenvalue weighted by molar-refractivity contribution is 0.0681. The number of nitrogens with two attached hydrogens (primary N) is 1. The van der Waals surface area contributed by atoms with Crippen molar-refractivity contribution in [1.29, 1.82) is 0 Å². The zero-order valence-electron chi connectivity index (χ0n) is 8.27. The molecular formula is C11H15NOS. The van der Waals surface area contributed by atoms with Crippen LogP contribution in [0.5, 0.6) is 0 Å². The normalized spacial score (nSPS) is 12.4. The smallest absolute Gasteiger partial charge is 0.0887 e. The third-order valence-electron chi connectivity index (χ3n) is 1.93. The first kappa shape index (κ1) is 11.1. The van der Waals surface area contributed by atoms with Gasteiger partial charge in [-0.1, -0.05) is 42.5 Å². The van der Waals surface area contributed by atoms with Gasteiger partial charge in [0, 0.05) is 13.0 Å². The van der Waals surface area contributed by atoms with Crippen LogP contribution in [0.2, 0.25) is 0 Å². The van der Waals surface area contributed by atoms with E-state index in [1.807, 2.05) is 37.3 Å². The molecular weight excluding hydrogens is 194 g/mol. The monoisotopic (exact) mass is 209 g/mol. The average Bonchev–Trinajstić information content (AvgIpc) is 2.18. The number of hydrogen-bond donors (Lipinski definition) is 1. The van der Waals surface area contributed by atoms with Gasteiger partial charge >= 0.3 is 0 Å². The summed E-state index contributed by atoms with van der Waals surface area (Å²) in [4.78, 5) is 0.493. The van der Waals surface area contributed by atoms with Crippen molar-refractivity contribution in [2.24, 2.45) is 5.73 Å². The second-order valence-corrected chi connectivity index (χ2v) is 3.55. The highest BCUT2D eigenvalue weighted by Crippen LogP contribution is 2.20. The fourth-order valence-electron chi connectivity index (χ4n) is 1.32. The van der Waals surface area contributed by atoms with Crippen molar-refractivity contribution >= 4 is 17.2 Å². The Kier molecular flexibility index (Phi) is 4.56. The summed E-state index contributed by atoms with van der Waals surface area (Å²) in [5.74, 6) is 0. The van der Waals surface area contributed by atoms with Crippen molar-refractivity contribution in [3.63, 3.8) is 0 Å². The lowest BCUT2D eigenvalue weighted by Gasteiger charge is -2.16. The van der Waals surface area contributed by atoms with Crippen LogP contribution in [0.1, 0.15) is 25.0 Å². The van der Waals surface area contributed by atoms with Crippen LogP contribution in [0.3, 0.4) is 0 Å². The van der Waals surface area contributed by atoms with Crippen molar-refractivity contribution in [2.45, 2.75) is 19.4 Å². The van der Waals surface area contributed by atoms with Crippen molar-refractivity contribution < 1.29 is 4.74 Å². The van der Waals surface area contributed by atoms with Gasteiger partial charge in [0.05, 0.1) is 11.1 Å². The SMILES string of the molecule is CCOC(CC(N)=S)c1ccccc1. The molecule has 0 aromatic heterocycles. The fourth-order valence-corrected chi connectivity index (χ4v) is 1.48. The standard InChI is InChI=1S/C11H15NOS/c1-2-13-10(8-11(12)14)9-6-4-3-5-7-9/h3-7,10H,2,8H2,1H3,(H2,12,14). The first-order valence-electron chi connectivity index (χ1n) is 4.69. The van der Waals surface area contributed by atoms with Crippen LogP contribution in [-0.4, -0.2) is 11.6 Å². The second-order valence-electron chi connectivity index (χ2n) is 3.03. The van der Waals surface area contributed by atoms with Gasteiger partial charge < -0.3 is 10.5 Å².